The number of rotatable bonds is 0. The van der Waals surface area contributed by atoms with Gasteiger partial charge in [0.2, 0.25) is 0 Å². The second-order valence-corrected chi connectivity index (χ2v) is 2.51. The molecule has 6 nitrogen and oxygen atoms in total. The zero-order chi connectivity index (χ0) is 7.15. The summed E-state index contributed by atoms with van der Waals surface area (Å²) >= 11 is -8.38. The van der Waals surface area contributed by atoms with Crippen molar-refractivity contribution in [3.63, 3.8) is 0 Å². The first-order valence-electron chi connectivity index (χ1n) is 1.22. The van der Waals surface area contributed by atoms with Gasteiger partial charge >= 0.3 is 148 Å². The van der Waals surface area contributed by atoms with E-state index in [1.165, 1.54) is 0 Å². The Morgan fingerprint density at radius 3 is 1.20 bits per heavy atom. The van der Waals surface area contributed by atoms with Crippen LogP contribution in [0.15, 0.2) is 0 Å². The molecule has 0 amide bonds. The molecule has 0 aromatic heterocycles. The Labute approximate surface area is 144 Å². The van der Waals surface area contributed by atoms with Gasteiger partial charge in [0.15, 0.2) is 0 Å². The van der Waals surface area contributed by atoms with Crippen LogP contribution in [0.25, 0.3) is 0 Å². The van der Waals surface area contributed by atoms with Crippen LogP contribution in [0.3, 0.4) is 0 Å². The van der Waals surface area contributed by atoms with E-state index in [1.54, 1.807) is 0 Å². The SMILES string of the molecule is [Ba+2].[Ca+2].[O]=[Ti]([O-])[O-].[O]=[Zr]([O-])[O-]. The van der Waals surface area contributed by atoms with E-state index < -0.39 is 41.3 Å². The van der Waals surface area contributed by atoms with E-state index in [2.05, 4.69) is 0 Å². The number of hydrogen-bond acceptors (Lipinski definition) is 6. The minimum absolute atomic E-state index is 0. The molecule has 0 aliphatic heterocycles. The van der Waals surface area contributed by atoms with Gasteiger partial charge in [-0.15, -0.1) is 0 Å². The molecule has 0 atom stereocenters. The molecule has 0 heterocycles. The topological polar surface area (TPSA) is 126 Å². The van der Waals surface area contributed by atoms with Crippen LogP contribution in [0, 0.1) is 0 Å². The molecule has 0 aliphatic carbocycles. The van der Waals surface area contributed by atoms with Gasteiger partial charge in [-0.2, -0.15) is 0 Å². The molecule has 0 rings (SSSR count). The van der Waals surface area contributed by atoms with Gasteiger partial charge in [-0.25, -0.2) is 0 Å². The van der Waals surface area contributed by atoms with Gasteiger partial charge in [-0.3, -0.25) is 0 Å². The Morgan fingerprint density at radius 1 is 1.20 bits per heavy atom. The Bertz CT molecular complexity index is 75.7. The van der Waals surface area contributed by atoms with Crippen LogP contribution in [0.5, 0.6) is 0 Å². The standard InChI is InChI=1S/Ba.Ca.6O.Ti.Zr/q2*+2;;;4*-1;;. The van der Waals surface area contributed by atoms with E-state index >= 15 is 0 Å². The van der Waals surface area contributed by atoms with Crippen LogP contribution in [-0.2, 0) is 47.4 Å². The van der Waals surface area contributed by atoms with Crippen molar-refractivity contribution in [1.29, 1.82) is 0 Å². The molecule has 10 heavy (non-hydrogen) atoms. The van der Waals surface area contributed by atoms with Crippen molar-refractivity contribution in [3.8, 4) is 0 Å². The molecule has 10 heteroatoms. The van der Waals surface area contributed by atoms with Gasteiger partial charge in [0.05, 0.1) is 0 Å². The fourth-order valence-corrected chi connectivity index (χ4v) is 0. The second-order valence-electron chi connectivity index (χ2n) is 0.500. The number of hydrogen-bond donors (Lipinski definition) is 0. The molecule has 0 aromatic rings. The monoisotopic (exact) mass is 412 g/mol. The molecule has 0 N–H and O–H groups in total. The third-order valence-electron chi connectivity index (χ3n) is 0. The van der Waals surface area contributed by atoms with Crippen LogP contribution in [-0.4, -0.2) is 86.6 Å². The van der Waals surface area contributed by atoms with E-state index in [0.717, 1.165) is 0 Å². The first-order valence-corrected chi connectivity index (χ1v) is 6.15. The second kappa shape index (κ2) is 18.6. The summed E-state index contributed by atoms with van der Waals surface area (Å²) < 4.78 is 51.6. The zero-order valence-electron chi connectivity index (χ0n) is 4.86. The van der Waals surface area contributed by atoms with Crippen molar-refractivity contribution >= 4 is 86.6 Å². The molecule has 0 saturated heterocycles. The molecule has 0 radical (unpaired) electrons. The van der Waals surface area contributed by atoms with E-state index in [1.807, 2.05) is 0 Å². The summed E-state index contributed by atoms with van der Waals surface area (Å²) in [5, 5.41) is 0. The van der Waals surface area contributed by atoms with Gasteiger partial charge in [-0.1, -0.05) is 0 Å². The Kier molecular flexibility index (Phi) is 43.9. The minimum atomic E-state index is -4.29. The molecule has 48 valence electrons. The van der Waals surface area contributed by atoms with E-state index in [4.69, 9.17) is 19.9 Å². The fourth-order valence-electron chi connectivity index (χ4n) is 0. The normalized spacial score (nSPS) is 5.20. The van der Waals surface area contributed by atoms with Crippen LogP contribution in [0.4, 0.5) is 0 Å². The van der Waals surface area contributed by atoms with Crippen molar-refractivity contribution in [3.05, 3.63) is 0 Å². The van der Waals surface area contributed by atoms with E-state index in [0.29, 0.717) is 0 Å². The summed E-state index contributed by atoms with van der Waals surface area (Å²) in [5.41, 5.74) is 0. The molecule has 0 bridgehead atoms. The molecule has 0 fully saturated rings. The molecular weight excluding hydrogens is 412 g/mol. The van der Waals surface area contributed by atoms with Crippen molar-refractivity contribution in [1.82, 2.24) is 0 Å². The summed E-state index contributed by atoms with van der Waals surface area (Å²) in [6.45, 7) is 0. The van der Waals surface area contributed by atoms with Gasteiger partial charge in [0.1, 0.15) is 0 Å². The average molecular weight is 412 g/mol. The van der Waals surface area contributed by atoms with E-state index in [-0.39, 0.29) is 86.6 Å². The Balaban J connectivity index is -0.0000000300. The van der Waals surface area contributed by atoms with Crippen molar-refractivity contribution in [2.45, 2.75) is 0 Å². The van der Waals surface area contributed by atoms with Gasteiger partial charge < -0.3 is 0 Å². The van der Waals surface area contributed by atoms with Crippen LogP contribution in [0.2, 0.25) is 0 Å². The molecule has 0 spiro atoms. The van der Waals surface area contributed by atoms with Crippen molar-refractivity contribution in [2.75, 3.05) is 0 Å². The fraction of sp³-hybridized carbons (Fsp3) is 0. The van der Waals surface area contributed by atoms with Gasteiger partial charge in [0, 0.05) is 0 Å². The third-order valence-corrected chi connectivity index (χ3v) is 0. The predicted octanol–water partition coefficient (Wildman–Crippen LogP) is -5.76. The molecule has 0 unspecified atom stereocenters. The molecule has 0 aromatic carbocycles. The average Bonchev–Trinajstić information content (AvgIpc) is 1.25. The van der Waals surface area contributed by atoms with Crippen LogP contribution >= 0.6 is 0 Å². The quantitative estimate of drug-likeness (QED) is 0.365. The Morgan fingerprint density at radius 2 is 1.20 bits per heavy atom. The summed E-state index contributed by atoms with van der Waals surface area (Å²) in [4.78, 5) is 0. The van der Waals surface area contributed by atoms with Gasteiger partial charge in [0.25, 0.3) is 0 Å². The van der Waals surface area contributed by atoms with Crippen molar-refractivity contribution < 1.29 is 61.1 Å². The summed E-state index contributed by atoms with van der Waals surface area (Å²) in [6, 6.07) is 0. The Hall–Kier alpha value is 3.87. The molecule has 0 aliphatic rings. The van der Waals surface area contributed by atoms with Gasteiger partial charge in [-0.05, 0) is 0 Å². The summed E-state index contributed by atoms with van der Waals surface area (Å²) in [6.07, 6.45) is 0. The van der Waals surface area contributed by atoms with Crippen LogP contribution in [0.1, 0.15) is 0 Å². The third kappa shape index (κ3) is 93.7. The van der Waals surface area contributed by atoms with E-state index in [9.17, 15) is 0 Å². The van der Waals surface area contributed by atoms with Crippen LogP contribution < -0.4 is 13.7 Å². The molecule has 0 saturated carbocycles. The predicted molar refractivity (Wildman–Crippen MR) is 12.9 cm³/mol. The maximum absolute atomic E-state index is 8.61. The maximum atomic E-state index is 8.61. The summed E-state index contributed by atoms with van der Waals surface area (Å²) in [7, 11) is 0. The summed E-state index contributed by atoms with van der Waals surface area (Å²) in [5.74, 6) is 0. The first kappa shape index (κ1) is 23.6. The molecular formula is BaCaO6TiZr. The van der Waals surface area contributed by atoms with Crippen molar-refractivity contribution in [2.24, 2.45) is 0 Å². The zero-order valence-corrected chi connectivity index (χ0v) is 15.5. The first-order chi connectivity index (χ1) is 3.46.